The summed E-state index contributed by atoms with van der Waals surface area (Å²) in [7, 11) is 0. The minimum absolute atomic E-state index is 0.450. The maximum absolute atomic E-state index is 10.6. The summed E-state index contributed by atoms with van der Waals surface area (Å²) in [4.78, 5) is 0. The first-order valence-corrected chi connectivity index (χ1v) is 7.93. The number of rotatable bonds is 5. The molecule has 0 radical (unpaired) electrons. The Labute approximate surface area is 137 Å². The van der Waals surface area contributed by atoms with Gasteiger partial charge < -0.3 is 19.9 Å². The molecule has 23 heavy (non-hydrogen) atoms. The van der Waals surface area contributed by atoms with Crippen LogP contribution in [0.4, 0.5) is 0 Å². The molecule has 3 rings (SSSR count). The van der Waals surface area contributed by atoms with E-state index in [1.807, 2.05) is 62.4 Å². The summed E-state index contributed by atoms with van der Waals surface area (Å²) in [6.07, 6.45) is -0.582. The Morgan fingerprint density at radius 2 is 1.74 bits per heavy atom. The molecule has 0 saturated carbocycles. The standard InChI is InChI=1S/C19H23NO3/c1-19(2,18(21)15-6-4-3-5-7-15)20-13-14-8-9-16-17(12-14)23-11-10-22-16/h3-9,12,18,20-21H,10-11,13H2,1-2H3. The van der Waals surface area contributed by atoms with Gasteiger partial charge in [0, 0.05) is 12.1 Å². The summed E-state index contributed by atoms with van der Waals surface area (Å²) in [5, 5.41) is 14.0. The lowest BCUT2D eigenvalue weighted by Crippen LogP contribution is -2.44. The highest BCUT2D eigenvalue weighted by Crippen LogP contribution is 2.31. The smallest absolute Gasteiger partial charge is 0.161 e. The van der Waals surface area contributed by atoms with Gasteiger partial charge in [0.05, 0.1) is 6.10 Å². The number of hydrogen-bond acceptors (Lipinski definition) is 4. The second-order valence-electron chi connectivity index (χ2n) is 6.37. The molecule has 0 amide bonds. The molecule has 1 heterocycles. The molecule has 2 aromatic rings. The van der Waals surface area contributed by atoms with Crippen LogP contribution < -0.4 is 14.8 Å². The Morgan fingerprint density at radius 3 is 2.48 bits per heavy atom. The number of aliphatic hydroxyl groups excluding tert-OH is 1. The molecule has 0 saturated heterocycles. The average Bonchev–Trinajstić information content (AvgIpc) is 2.60. The first kappa shape index (κ1) is 15.8. The minimum Gasteiger partial charge on any atom is -0.486 e. The summed E-state index contributed by atoms with van der Waals surface area (Å²) in [5.74, 6) is 1.58. The SMILES string of the molecule is CC(C)(NCc1ccc2c(c1)OCCO2)C(O)c1ccccc1. The van der Waals surface area contributed by atoms with Gasteiger partial charge in [-0.1, -0.05) is 36.4 Å². The van der Waals surface area contributed by atoms with Crippen molar-refractivity contribution in [1.82, 2.24) is 5.32 Å². The van der Waals surface area contributed by atoms with E-state index in [4.69, 9.17) is 9.47 Å². The predicted molar refractivity (Wildman–Crippen MR) is 89.8 cm³/mol. The summed E-state index contributed by atoms with van der Waals surface area (Å²) < 4.78 is 11.1. The first-order valence-electron chi connectivity index (χ1n) is 7.93. The van der Waals surface area contributed by atoms with Crippen LogP contribution in [0.1, 0.15) is 31.1 Å². The van der Waals surface area contributed by atoms with E-state index in [0.717, 1.165) is 22.6 Å². The molecule has 1 unspecified atom stereocenters. The molecule has 4 nitrogen and oxygen atoms in total. The number of aliphatic hydroxyl groups is 1. The van der Waals surface area contributed by atoms with E-state index in [1.165, 1.54) is 0 Å². The summed E-state index contributed by atoms with van der Waals surface area (Å²) in [5.41, 5.74) is 1.56. The average molecular weight is 313 g/mol. The zero-order valence-electron chi connectivity index (χ0n) is 13.6. The Balaban J connectivity index is 1.67. The number of ether oxygens (including phenoxy) is 2. The van der Waals surface area contributed by atoms with Gasteiger partial charge in [-0.3, -0.25) is 0 Å². The Kier molecular flexibility index (Phi) is 4.55. The summed E-state index contributed by atoms with van der Waals surface area (Å²) in [6.45, 7) is 5.84. The summed E-state index contributed by atoms with van der Waals surface area (Å²) in [6, 6.07) is 15.7. The maximum atomic E-state index is 10.6. The van der Waals surface area contributed by atoms with E-state index >= 15 is 0 Å². The van der Waals surface area contributed by atoms with Crippen molar-refractivity contribution in [3.63, 3.8) is 0 Å². The molecule has 2 N–H and O–H groups in total. The third kappa shape index (κ3) is 3.66. The second kappa shape index (κ2) is 6.60. The molecular formula is C19H23NO3. The van der Waals surface area contributed by atoms with Gasteiger partial charge in [-0.2, -0.15) is 0 Å². The van der Waals surface area contributed by atoms with Gasteiger partial charge in [0.25, 0.3) is 0 Å². The van der Waals surface area contributed by atoms with Gasteiger partial charge >= 0.3 is 0 Å². The number of nitrogens with one attached hydrogen (secondary N) is 1. The Morgan fingerprint density at radius 1 is 1.04 bits per heavy atom. The third-order valence-electron chi connectivity index (χ3n) is 4.15. The topological polar surface area (TPSA) is 50.7 Å². The van der Waals surface area contributed by atoms with Crippen LogP contribution in [0.3, 0.4) is 0 Å². The zero-order valence-corrected chi connectivity index (χ0v) is 13.6. The summed E-state index contributed by atoms with van der Waals surface area (Å²) >= 11 is 0. The van der Waals surface area contributed by atoms with Gasteiger partial charge in [-0.15, -0.1) is 0 Å². The number of hydrogen-bond donors (Lipinski definition) is 2. The number of benzene rings is 2. The quantitative estimate of drug-likeness (QED) is 0.891. The van der Waals surface area contributed by atoms with Gasteiger partial charge in [-0.25, -0.2) is 0 Å². The molecule has 0 aromatic heterocycles. The zero-order chi connectivity index (χ0) is 16.3. The molecule has 122 valence electrons. The molecular weight excluding hydrogens is 290 g/mol. The largest absolute Gasteiger partial charge is 0.486 e. The number of fused-ring (bicyclic) bond motifs is 1. The lowest BCUT2D eigenvalue weighted by atomic mass is 9.91. The monoisotopic (exact) mass is 313 g/mol. The lowest BCUT2D eigenvalue weighted by Gasteiger charge is -2.32. The lowest BCUT2D eigenvalue weighted by molar-refractivity contribution is 0.0791. The normalized spacial score (nSPS) is 15.3. The van der Waals surface area contributed by atoms with Crippen LogP contribution in [0, 0.1) is 0 Å². The van der Waals surface area contributed by atoms with E-state index in [9.17, 15) is 5.11 Å². The van der Waals surface area contributed by atoms with Crippen molar-refractivity contribution in [3.05, 3.63) is 59.7 Å². The van der Waals surface area contributed by atoms with Crippen LogP contribution in [0.5, 0.6) is 11.5 Å². The van der Waals surface area contributed by atoms with E-state index in [2.05, 4.69) is 5.32 Å². The third-order valence-corrected chi connectivity index (χ3v) is 4.15. The van der Waals surface area contributed by atoms with Gasteiger partial charge in [0.1, 0.15) is 13.2 Å². The van der Waals surface area contributed by atoms with Crippen LogP contribution in [0.2, 0.25) is 0 Å². The second-order valence-corrected chi connectivity index (χ2v) is 6.37. The van der Waals surface area contributed by atoms with Crippen molar-refractivity contribution in [1.29, 1.82) is 0 Å². The highest BCUT2D eigenvalue weighted by atomic mass is 16.6. The van der Waals surface area contributed by atoms with Crippen molar-refractivity contribution < 1.29 is 14.6 Å². The van der Waals surface area contributed by atoms with Crippen molar-refractivity contribution in [2.75, 3.05) is 13.2 Å². The van der Waals surface area contributed by atoms with Crippen molar-refractivity contribution in [2.24, 2.45) is 0 Å². The van der Waals surface area contributed by atoms with Crippen LogP contribution in [0.25, 0.3) is 0 Å². The molecule has 0 aliphatic carbocycles. The fourth-order valence-corrected chi connectivity index (χ4v) is 2.68. The molecule has 4 heteroatoms. The van der Waals surface area contributed by atoms with E-state index in [1.54, 1.807) is 0 Å². The van der Waals surface area contributed by atoms with Crippen molar-refractivity contribution in [2.45, 2.75) is 32.0 Å². The Hall–Kier alpha value is -2.04. The van der Waals surface area contributed by atoms with E-state index in [-0.39, 0.29) is 0 Å². The van der Waals surface area contributed by atoms with Gasteiger partial charge in [0.15, 0.2) is 11.5 Å². The molecule has 0 bridgehead atoms. The highest BCUT2D eigenvalue weighted by molar-refractivity contribution is 5.43. The molecule has 2 aromatic carbocycles. The van der Waals surface area contributed by atoms with Crippen LogP contribution >= 0.6 is 0 Å². The maximum Gasteiger partial charge on any atom is 0.161 e. The minimum atomic E-state index is -0.582. The van der Waals surface area contributed by atoms with Crippen molar-refractivity contribution >= 4 is 0 Å². The van der Waals surface area contributed by atoms with E-state index in [0.29, 0.717) is 19.8 Å². The van der Waals surface area contributed by atoms with E-state index < -0.39 is 11.6 Å². The first-order chi connectivity index (χ1) is 11.1. The van der Waals surface area contributed by atoms with Crippen LogP contribution in [-0.2, 0) is 6.54 Å². The van der Waals surface area contributed by atoms with Gasteiger partial charge in [-0.05, 0) is 37.1 Å². The van der Waals surface area contributed by atoms with Gasteiger partial charge in [0.2, 0.25) is 0 Å². The predicted octanol–water partition coefficient (Wildman–Crippen LogP) is 3.06. The fraction of sp³-hybridized carbons (Fsp3) is 0.368. The molecule has 1 atom stereocenters. The molecule has 1 aliphatic rings. The van der Waals surface area contributed by atoms with Crippen molar-refractivity contribution in [3.8, 4) is 11.5 Å². The Bertz CT molecular complexity index is 655. The molecule has 0 spiro atoms. The van der Waals surface area contributed by atoms with Crippen LogP contribution in [0.15, 0.2) is 48.5 Å². The molecule has 0 fully saturated rings. The van der Waals surface area contributed by atoms with Crippen LogP contribution in [-0.4, -0.2) is 23.9 Å². The molecule has 1 aliphatic heterocycles. The fourth-order valence-electron chi connectivity index (χ4n) is 2.68. The highest BCUT2D eigenvalue weighted by Gasteiger charge is 2.28.